The third kappa shape index (κ3) is 5.74. The zero-order valence-electron chi connectivity index (χ0n) is 15.4. The van der Waals surface area contributed by atoms with Crippen LogP contribution in [-0.4, -0.2) is 28.3 Å². The van der Waals surface area contributed by atoms with Crippen LogP contribution in [0.1, 0.15) is 15.9 Å². The zero-order chi connectivity index (χ0) is 21.7. The van der Waals surface area contributed by atoms with E-state index in [1.54, 1.807) is 41.2 Å². The van der Waals surface area contributed by atoms with Crippen molar-refractivity contribution in [3.05, 3.63) is 81.0 Å². The number of nitrogens with zero attached hydrogens (tertiary/aromatic N) is 2. The summed E-state index contributed by atoms with van der Waals surface area (Å²) in [6.07, 6.45) is 4.97. The van der Waals surface area contributed by atoms with Gasteiger partial charge in [-0.1, -0.05) is 15.9 Å². The number of aliphatic imine (C=N–C) groups is 1. The quantitative estimate of drug-likeness (QED) is 0.325. The van der Waals surface area contributed by atoms with E-state index in [9.17, 15) is 14.7 Å². The first-order valence-corrected chi connectivity index (χ1v) is 10.2. The molecule has 0 bridgehead atoms. The molecule has 3 rings (SSSR count). The Morgan fingerprint density at radius 2 is 1.87 bits per heavy atom. The molecule has 1 amide bonds. The maximum absolute atomic E-state index is 12.3. The molecule has 1 heterocycles. The summed E-state index contributed by atoms with van der Waals surface area (Å²) in [5, 5.41) is 21.7. The van der Waals surface area contributed by atoms with E-state index in [1.165, 1.54) is 30.5 Å². The predicted molar refractivity (Wildman–Crippen MR) is 119 cm³/mol. The number of phenolic OH excluding ortho intramolecular Hbond substituents is 1. The van der Waals surface area contributed by atoms with E-state index in [-0.39, 0.29) is 23.8 Å². The van der Waals surface area contributed by atoms with Gasteiger partial charge in [0.15, 0.2) is 12.4 Å². The largest absolute Gasteiger partial charge is 0.506 e. The second-order valence-corrected chi connectivity index (χ2v) is 8.02. The number of aromatic carboxylic acids is 1. The van der Waals surface area contributed by atoms with Crippen molar-refractivity contribution >= 4 is 61.3 Å². The Kier molecular flexibility index (Phi) is 6.96. The number of hydrogen-bond donors (Lipinski definition) is 3. The number of carboxylic acid groups (broad SMARTS) is 1. The van der Waals surface area contributed by atoms with Gasteiger partial charge in [0.2, 0.25) is 6.54 Å². The molecule has 152 valence electrons. The van der Waals surface area contributed by atoms with Crippen LogP contribution in [0, 0.1) is 0 Å². The van der Waals surface area contributed by atoms with Gasteiger partial charge in [0, 0.05) is 28.0 Å². The van der Waals surface area contributed by atoms with Gasteiger partial charge in [0.05, 0.1) is 10.0 Å². The van der Waals surface area contributed by atoms with Crippen molar-refractivity contribution in [1.29, 1.82) is 0 Å². The molecule has 0 fully saturated rings. The molecule has 30 heavy (non-hydrogen) atoms. The number of amides is 1. The summed E-state index contributed by atoms with van der Waals surface area (Å²) in [5.74, 6) is -1.21. The number of carbonyl (C=O) groups excluding carboxylic acids is 1. The summed E-state index contributed by atoms with van der Waals surface area (Å²) in [6.45, 7) is 0.0533. The molecule has 1 aromatic heterocycles. The highest BCUT2D eigenvalue weighted by Crippen LogP contribution is 2.30. The number of anilines is 1. The Morgan fingerprint density at radius 1 is 1.13 bits per heavy atom. The van der Waals surface area contributed by atoms with Crippen LogP contribution in [0.3, 0.4) is 0 Å². The molecule has 2 aromatic carbocycles. The molecule has 0 aliphatic heterocycles. The van der Waals surface area contributed by atoms with Gasteiger partial charge in [-0.05, 0) is 58.4 Å². The van der Waals surface area contributed by atoms with E-state index in [0.717, 1.165) is 4.47 Å². The van der Waals surface area contributed by atoms with Crippen molar-refractivity contribution in [2.45, 2.75) is 6.54 Å². The lowest BCUT2D eigenvalue weighted by molar-refractivity contribution is -0.683. The molecule has 0 aliphatic rings. The van der Waals surface area contributed by atoms with Crippen molar-refractivity contribution in [1.82, 2.24) is 0 Å². The van der Waals surface area contributed by atoms with E-state index < -0.39 is 5.97 Å². The van der Waals surface area contributed by atoms with Crippen LogP contribution in [0.25, 0.3) is 0 Å². The van der Waals surface area contributed by atoms with Gasteiger partial charge < -0.3 is 15.5 Å². The summed E-state index contributed by atoms with van der Waals surface area (Å²) in [4.78, 5) is 27.5. The maximum Gasteiger partial charge on any atom is 0.335 e. The third-order valence-electron chi connectivity index (χ3n) is 3.99. The Bertz CT molecular complexity index is 1130. The Morgan fingerprint density at radius 3 is 2.57 bits per heavy atom. The molecule has 3 aromatic rings. The van der Waals surface area contributed by atoms with E-state index in [1.807, 2.05) is 0 Å². The highest BCUT2D eigenvalue weighted by Gasteiger charge is 2.11. The molecule has 0 saturated heterocycles. The predicted octanol–water partition coefficient (Wildman–Crippen LogP) is 4.29. The van der Waals surface area contributed by atoms with Gasteiger partial charge in [-0.2, -0.15) is 4.57 Å². The average molecular weight is 534 g/mol. The number of rotatable bonds is 6. The number of carbonyl (C=O) groups is 2. The fourth-order valence-corrected chi connectivity index (χ4v) is 3.83. The first-order valence-electron chi connectivity index (χ1n) is 8.66. The van der Waals surface area contributed by atoms with Gasteiger partial charge in [-0.15, -0.1) is 0 Å². The van der Waals surface area contributed by atoms with Crippen LogP contribution >= 0.6 is 31.9 Å². The molecule has 3 N–H and O–H groups in total. The van der Waals surface area contributed by atoms with E-state index >= 15 is 0 Å². The molecule has 0 atom stereocenters. The first-order chi connectivity index (χ1) is 14.3. The summed E-state index contributed by atoms with van der Waals surface area (Å²) in [7, 11) is 0. The average Bonchev–Trinajstić information content (AvgIpc) is 2.70. The third-order valence-corrected chi connectivity index (χ3v) is 5.06. The number of nitrogens with one attached hydrogen (secondary N) is 1. The topological polar surface area (TPSA) is 103 Å². The molecule has 0 saturated carbocycles. The SMILES string of the molecule is O=C(C[n+]1cccc(N=Cc2cc(Br)cc(Br)c2O)c1)Nc1ccc(C(=O)O)cc1. The number of aromatic hydroxyl groups is 1. The molecule has 0 aliphatic carbocycles. The van der Waals surface area contributed by atoms with Crippen molar-refractivity contribution in [3.8, 4) is 5.75 Å². The minimum Gasteiger partial charge on any atom is -0.506 e. The van der Waals surface area contributed by atoms with E-state index in [4.69, 9.17) is 5.11 Å². The summed E-state index contributed by atoms with van der Waals surface area (Å²) in [5.41, 5.74) is 1.80. The number of carboxylic acids is 1. The standard InChI is InChI=1S/C21H15Br2N3O4/c22-15-8-14(20(28)18(23)9-15)10-24-17-2-1-7-26(11-17)12-19(27)25-16-5-3-13(4-6-16)21(29)30/h1-11H,12H2,(H2-,24,25,27,28,29,30)/p+1. The van der Waals surface area contributed by atoms with Crippen molar-refractivity contribution in [3.63, 3.8) is 0 Å². The number of phenols is 1. The summed E-state index contributed by atoms with van der Waals surface area (Å²) >= 11 is 6.65. The van der Waals surface area contributed by atoms with Crippen molar-refractivity contribution in [2.24, 2.45) is 4.99 Å². The lowest BCUT2D eigenvalue weighted by Crippen LogP contribution is -2.39. The van der Waals surface area contributed by atoms with E-state index in [0.29, 0.717) is 21.4 Å². The molecular weight excluding hydrogens is 518 g/mol. The Labute approximate surface area is 189 Å². The number of benzene rings is 2. The minimum absolute atomic E-state index is 0.0533. The Balaban J connectivity index is 1.68. The monoisotopic (exact) mass is 532 g/mol. The number of hydrogen-bond acceptors (Lipinski definition) is 4. The molecule has 0 spiro atoms. The number of pyridine rings is 1. The van der Waals surface area contributed by atoms with Crippen molar-refractivity contribution < 1.29 is 24.4 Å². The van der Waals surface area contributed by atoms with Gasteiger partial charge in [-0.25, -0.2) is 9.79 Å². The van der Waals surface area contributed by atoms with Crippen LogP contribution in [0.4, 0.5) is 11.4 Å². The van der Waals surface area contributed by atoms with Gasteiger partial charge >= 0.3 is 5.97 Å². The molecule has 0 radical (unpaired) electrons. The molecular formula is C21H16Br2N3O4+. The summed E-state index contributed by atoms with van der Waals surface area (Å²) < 4.78 is 3.02. The zero-order valence-corrected chi connectivity index (χ0v) is 18.6. The molecule has 9 heteroatoms. The van der Waals surface area contributed by atoms with Crippen molar-refractivity contribution in [2.75, 3.05) is 5.32 Å². The van der Waals surface area contributed by atoms with Gasteiger partial charge in [0.1, 0.15) is 11.4 Å². The second kappa shape index (κ2) is 9.64. The van der Waals surface area contributed by atoms with Crippen LogP contribution in [0.15, 0.2) is 74.9 Å². The van der Waals surface area contributed by atoms with Crippen LogP contribution in [-0.2, 0) is 11.3 Å². The smallest absolute Gasteiger partial charge is 0.335 e. The highest BCUT2D eigenvalue weighted by molar-refractivity contribution is 9.11. The highest BCUT2D eigenvalue weighted by atomic mass is 79.9. The number of halogens is 2. The molecule has 0 unspecified atom stereocenters. The van der Waals surface area contributed by atoms with Gasteiger partial charge in [-0.3, -0.25) is 4.79 Å². The summed E-state index contributed by atoms with van der Waals surface area (Å²) in [6, 6.07) is 12.9. The fraction of sp³-hybridized carbons (Fsp3) is 0.0476. The number of aromatic nitrogens is 1. The van der Waals surface area contributed by atoms with Crippen LogP contribution < -0.4 is 9.88 Å². The lowest BCUT2D eigenvalue weighted by atomic mass is 10.2. The first kappa shape index (κ1) is 21.7. The minimum atomic E-state index is -1.02. The maximum atomic E-state index is 12.3. The fourth-order valence-electron chi connectivity index (χ4n) is 2.57. The molecule has 7 nitrogen and oxygen atoms in total. The van der Waals surface area contributed by atoms with Crippen LogP contribution in [0.2, 0.25) is 0 Å². The van der Waals surface area contributed by atoms with Gasteiger partial charge in [0.25, 0.3) is 5.91 Å². The lowest BCUT2D eigenvalue weighted by Gasteiger charge is -2.04. The Hall–Kier alpha value is -3.04. The van der Waals surface area contributed by atoms with E-state index in [2.05, 4.69) is 42.2 Å². The normalized spacial score (nSPS) is 10.9. The second-order valence-electron chi connectivity index (χ2n) is 6.25. The van der Waals surface area contributed by atoms with Crippen LogP contribution in [0.5, 0.6) is 5.75 Å².